The van der Waals surface area contributed by atoms with Crippen LogP contribution in [0, 0.1) is 5.41 Å². The van der Waals surface area contributed by atoms with Crippen LogP contribution in [0.2, 0.25) is 0 Å². The predicted octanol–water partition coefficient (Wildman–Crippen LogP) is 3.89. The number of nitrogens with one attached hydrogen (secondary N) is 1. The maximum Gasteiger partial charge on any atom is 0.262 e. The average Bonchev–Trinajstić information content (AvgIpc) is 2.36. The molecule has 4 heteroatoms. The van der Waals surface area contributed by atoms with Gasteiger partial charge in [0.2, 0.25) is 0 Å². The molecule has 2 rings (SSSR count). The number of ether oxygens (including phenoxy) is 1. The lowest BCUT2D eigenvalue weighted by Gasteiger charge is -2.30. The minimum atomic E-state index is -0.0967. The van der Waals surface area contributed by atoms with Crippen molar-refractivity contribution >= 4 is 27.5 Å². The van der Waals surface area contributed by atoms with Crippen molar-refractivity contribution in [1.29, 1.82) is 0 Å². The van der Waals surface area contributed by atoms with E-state index in [0.717, 1.165) is 23.4 Å². The Labute approximate surface area is 116 Å². The minimum absolute atomic E-state index is 0.0967. The van der Waals surface area contributed by atoms with E-state index in [1.807, 2.05) is 18.2 Å². The van der Waals surface area contributed by atoms with Gasteiger partial charge in [-0.2, -0.15) is 0 Å². The highest BCUT2D eigenvalue weighted by Gasteiger charge is 2.28. The Morgan fingerprint density at radius 2 is 2.22 bits per heavy atom. The number of alkyl halides is 1. The summed E-state index contributed by atoms with van der Waals surface area (Å²) in [5.41, 5.74) is 2.08. The third kappa shape index (κ3) is 2.53. The zero-order valence-electron chi connectivity index (χ0n) is 10.9. The Bertz CT molecular complexity index is 471. The van der Waals surface area contributed by atoms with Crippen molar-refractivity contribution in [3.05, 3.63) is 23.8 Å². The van der Waals surface area contributed by atoms with Crippen LogP contribution in [0.25, 0.3) is 0 Å². The van der Waals surface area contributed by atoms with Crippen LogP contribution in [0.15, 0.2) is 18.2 Å². The summed E-state index contributed by atoms with van der Waals surface area (Å²) in [4.78, 5) is 11.6. The number of rotatable bonds is 3. The second kappa shape index (κ2) is 4.92. The van der Waals surface area contributed by atoms with Crippen LogP contribution < -0.4 is 10.1 Å². The Morgan fingerprint density at radius 3 is 2.89 bits per heavy atom. The number of benzene rings is 1. The van der Waals surface area contributed by atoms with Crippen LogP contribution in [0.5, 0.6) is 5.75 Å². The molecule has 1 aromatic carbocycles. The van der Waals surface area contributed by atoms with E-state index in [1.54, 1.807) is 0 Å². The highest BCUT2D eigenvalue weighted by atomic mass is 79.9. The maximum atomic E-state index is 11.3. The average molecular weight is 312 g/mol. The molecule has 0 aliphatic carbocycles. The van der Waals surface area contributed by atoms with Crippen LogP contribution in [-0.2, 0) is 4.79 Å². The molecular weight excluding hydrogens is 294 g/mol. The van der Waals surface area contributed by atoms with Gasteiger partial charge in [0.15, 0.2) is 6.61 Å². The molecule has 1 N–H and O–H groups in total. The zero-order valence-corrected chi connectivity index (χ0v) is 12.5. The van der Waals surface area contributed by atoms with E-state index in [-0.39, 0.29) is 22.8 Å². The first-order valence-corrected chi connectivity index (χ1v) is 7.06. The summed E-state index contributed by atoms with van der Waals surface area (Å²) in [5.74, 6) is 0.646. The molecule has 0 saturated carbocycles. The molecule has 1 aromatic rings. The Kier molecular flexibility index (Phi) is 3.66. The number of carbonyl (C=O) groups is 1. The van der Waals surface area contributed by atoms with Gasteiger partial charge in [0, 0.05) is 4.83 Å². The van der Waals surface area contributed by atoms with Crippen molar-refractivity contribution in [2.45, 2.75) is 32.0 Å². The van der Waals surface area contributed by atoms with Gasteiger partial charge in [-0.05, 0) is 29.5 Å². The second-order valence-electron chi connectivity index (χ2n) is 5.30. The van der Waals surface area contributed by atoms with E-state index in [1.165, 1.54) is 0 Å². The quantitative estimate of drug-likeness (QED) is 0.860. The van der Waals surface area contributed by atoms with Crippen molar-refractivity contribution in [3.8, 4) is 5.75 Å². The van der Waals surface area contributed by atoms with E-state index < -0.39 is 0 Å². The van der Waals surface area contributed by atoms with Crippen LogP contribution in [0.3, 0.4) is 0 Å². The van der Waals surface area contributed by atoms with Gasteiger partial charge in [-0.1, -0.05) is 42.8 Å². The van der Waals surface area contributed by atoms with Crippen molar-refractivity contribution in [1.82, 2.24) is 0 Å². The number of carbonyl (C=O) groups excluding carboxylic acids is 1. The summed E-state index contributed by atoms with van der Waals surface area (Å²) in [6, 6.07) is 5.96. The van der Waals surface area contributed by atoms with Gasteiger partial charge >= 0.3 is 0 Å². The van der Waals surface area contributed by atoms with Gasteiger partial charge in [-0.15, -0.1) is 0 Å². The molecule has 0 radical (unpaired) electrons. The number of hydrogen-bond donors (Lipinski definition) is 1. The first-order valence-electron chi connectivity index (χ1n) is 6.14. The summed E-state index contributed by atoms with van der Waals surface area (Å²) < 4.78 is 5.36. The fraction of sp³-hybridized carbons (Fsp3) is 0.500. The second-order valence-corrected chi connectivity index (χ2v) is 6.21. The van der Waals surface area contributed by atoms with E-state index in [2.05, 4.69) is 42.0 Å². The monoisotopic (exact) mass is 311 g/mol. The Hall–Kier alpha value is -1.03. The molecular formula is C14H18BrNO2. The van der Waals surface area contributed by atoms with Crippen molar-refractivity contribution < 1.29 is 9.53 Å². The molecule has 0 bridgehead atoms. The summed E-state index contributed by atoms with van der Waals surface area (Å²) in [6.45, 7) is 6.73. The van der Waals surface area contributed by atoms with Crippen molar-refractivity contribution in [2.75, 3.05) is 11.9 Å². The Morgan fingerprint density at radius 1 is 1.50 bits per heavy atom. The van der Waals surface area contributed by atoms with Crippen LogP contribution >= 0.6 is 15.9 Å². The number of anilines is 1. The number of amides is 1. The number of halogens is 1. The summed E-state index contributed by atoms with van der Waals surface area (Å²) in [5, 5.41) is 2.84. The van der Waals surface area contributed by atoms with Gasteiger partial charge in [0.25, 0.3) is 5.91 Å². The first-order chi connectivity index (χ1) is 8.44. The van der Waals surface area contributed by atoms with E-state index in [0.29, 0.717) is 0 Å². The smallest absolute Gasteiger partial charge is 0.262 e. The standard InChI is InChI=1S/C14H18BrNO2/c1-4-14(2,3)13(15)9-5-6-11-10(7-9)16-12(17)8-18-11/h5-7,13H,4,8H2,1-3H3,(H,16,17). The summed E-state index contributed by atoms with van der Waals surface area (Å²) >= 11 is 3.76. The van der Waals surface area contributed by atoms with E-state index >= 15 is 0 Å². The van der Waals surface area contributed by atoms with E-state index in [4.69, 9.17) is 4.74 Å². The van der Waals surface area contributed by atoms with Crippen molar-refractivity contribution in [2.24, 2.45) is 5.41 Å². The lowest BCUT2D eigenvalue weighted by atomic mass is 9.83. The molecule has 1 aliphatic heterocycles. The summed E-state index contributed by atoms with van der Waals surface area (Å²) in [7, 11) is 0. The Balaban J connectivity index is 2.31. The highest BCUT2D eigenvalue weighted by Crippen LogP contribution is 2.44. The molecule has 0 fully saturated rings. The van der Waals surface area contributed by atoms with Gasteiger partial charge in [-0.25, -0.2) is 0 Å². The molecule has 1 atom stereocenters. The lowest BCUT2D eigenvalue weighted by Crippen LogP contribution is -2.25. The van der Waals surface area contributed by atoms with Gasteiger partial charge < -0.3 is 10.1 Å². The molecule has 18 heavy (non-hydrogen) atoms. The van der Waals surface area contributed by atoms with Gasteiger partial charge in [0.1, 0.15) is 5.75 Å². The van der Waals surface area contributed by atoms with Crippen LogP contribution in [0.1, 0.15) is 37.6 Å². The van der Waals surface area contributed by atoms with Gasteiger partial charge in [0.05, 0.1) is 5.69 Å². The fourth-order valence-electron chi connectivity index (χ4n) is 1.89. The molecule has 0 spiro atoms. The highest BCUT2D eigenvalue weighted by molar-refractivity contribution is 9.09. The molecule has 0 aromatic heterocycles. The van der Waals surface area contributed by atoms with Gasteiger partial charge in [-0.3, -0.25) is 4.79 Å². The van der Waals surface area contributed by atoms with Crippen LogP contribution in [-0.4, -0.2) is 12.5 Å². The van der Waals surface area contributed by atoms with E-state index in [9.17, 15) is 4.79 Å². The molecule has 1 heterocycles. The third-order valence-corrected chi connectivity index (χ3v) is 5.29. The van der Waals surface area contributed by atoms with Crippen LogP contribution in [0.4, 0.5) is 5.69 Å². The topological polar surface area (TPSA) is 38.3 Å². The normalized spacial score (nSPS) is 16.6. The zero-order chi connectivity index (χ0) is 13.3. The minimum Gasteiger partial charge on any atom is -0.482 e. The lowest BCUT2D eigenvalue weighted by molar-refractivity contribution is -0.118. The summed E-state index contributed by atoms with van der Waals surface area (Å²) in [6.07, 6.45) is 1.07. The van der Waals surface area contributed by atoms with Crippen molar-refractivity contribution in [3.63, 3.8) is 0 Å². The number of hydrogen-bond acceptors (Lipinski definition) is 2. The molecule has 3 nitrogen and oxygen atoms in total. The molecule has 0 saturated heterocycles. The fourth-order valence-corrected chi connectivity index (χ4v) is 2.50. The predicted molar refractivity (Wildman–Crippen MR) is 76.3 cm³/mol. The molecule has 1 aliphatic rings. The molecule has 1 amide bonds. The third-order valence-electron chi connectivity index (χ3n) is 3.53. The largest absolute Gasteiger partial charge is 0.482 e. The first kappa shape index (κ1) is 13.4. The number of fused-ring (bicyclic) bond motifs is 1. The molecule has 1 unspecified atom stereocenters. The maximum absolute atomic E-state index is 11.3. The SMILES string of the molecule is CCC(C)(C)C(Br)c1ccc2c(c1)NC(=O)CO2. The molecule has 98 valence electrons.